The van der Waals surface area contributed by atoms with Crippen LogP contribution < -0.4 is 5.32 Å². The highest BCUT2D eigenvalue weighted by atomic mass is 16.3. The molecule has 2 nitrogen and oxygen atoms in total. The molecule has 0 heterocycles. The summed E-state index contributed by atoms with van der Waals surface area (Å²) in [4.78, 5) is 0. The van der Waals surface area contributed by atoms with Gasteiger partial charge in [-0.2, -0.15) is 0 Å². The first-order chi connectivity index (χ1) is 11.2. The first kappa shape index (κ1) is 16.0. The summed E-state index contributed by atoms with van der Waals surface area (Å²) in [5, 5.41) is 14.9. The van der Waals surface area contributed by atoms with Crippen LogP contribution in [0.25, 0.3) is 11.1 Å². The smallest absolute Gasteiger partial charge is 0.116 e. The van der Waals surface area contributed by atoms with Gasteiger partial charge in [-0.05, 0) is 48.4 Å². The van der Waals surface area contributed by atoms with E-state index in [0.717, 1.165) is 36.9 Å². The standard InChI is InChI=1S/C21H25NO/c1-3-15-22-16(2)9-8-14-21(23)19-12-6-4-10-17(19)18-11-5-7-13-20(18)21/h3-7,10-13,16,22-23H,1,8-9,14-15H2,2H3. The summed E-state index contributed by atoms with van der Waals surface area (Å²) >= 11 is 0. The fourth-order valence-electron chi connectivity index (χ4n) is 3.62. The Labute approximate surface area is 138 Å². The van der Waals surface area contributed by atoms with Gasteiger partial charge in [-0.3, -0.25) is 0 Å². The average molecular weight is 307 g/mol. The summed E-state index contributed by atoms with van der Waals surface area (Å²) in [6.45, 7) is 6.75. The molecular formula is C21H25NO. The van der Waals surface area contributed by atoms with Crippen molar-refractivity contribution in [2.75, 3.05) is 6.54 Å². The zero-order valence-corrected chi connectivity index (χ0v) is 13.8. The zero-order chi connectivity index (χ0) is 16.3. The van der Waals surface area contributed by atoms with Crippen molar-refractivity contribution < 1.29 is 5.11 Å². The molecule has 2 aromatic rings. The van der Waals surface area contributed by atoms with Gasteiger partial charge in [-0.25, -0.2) is 0 Å². The molecule has 2 N–H and O–H groups in total. The number of nitrogens with one attached hydrogen (secondary N) is 1. The molecule has 2 heteroatoms. The van der Waals surface area contributed by atoms with Crippen LogP contribution in [0.1, 0.15) is 37.3 Å². The number of fused-ring (bicyclic) bond motifs is 3. The Morgan fingerprint density at radius 2 is 1.65 bits per heavy atom. The second-order valence-corrected chi connectivity index (χ2v) is 6.44. The lowest BCUT2D eigenvalue weighted by Gasteiger charge is -2.26. The van der Waals surface area contributed by atoms with Crippen LogP contribution >= 0.6 is 0 Å². The van der Waals surface area contributed by atoms with Crippen LogP contribution in [0.5, 0.6) is 0 Å². The van der Waals surface area contributed by atoms with E-state index in [-0.39, 0.29) is 0 Å². The lowest BCUT2D eigenvalue weighted by atomic mass is 9.86. The van der Waals surface area contributed by atoms with E-state index in [1.54, 1.807) is 0 Å². The molecule has 1 unspecified atom stereocenters. The minimum Gasteiger partial charge on any atom is -0.380 e. The molecule has 23 heavy (non-hydrogen) atoms. The molecule has 0 bridgehead atoms. The maximum atomic E-state index is 11.4. The van der Waals surface area contributed by atoms with Gasteiger partial charge in [-0.15, -0.1) is 6.58 Å². The molecule has 0 amide bonds. The Morgan fingerprint density at radius 1 is 1.09 bits per heavy atom. The minimum atomic E-state index is -0.856. The molecule has 0 spiro atoms. The number of rotatable bonds is 7. The van der Waals surface area contributed by atoms with Gasteiger partial charge >= 0.3 is 0 Å². The molecule has 2 aromatic carbocycles. The predicted molar refractivity (Wildman–Crippen MR) is 96.4 cm³/mol. The SMILES string of the molecule is C=CCNC(C)CCCC1(O)c2ccccc2-c2ccccc21. The van der Waals surface area contributed by atoms with E-state index in [2.05, 4.69) is 43.1 Å². The highest BCUT2D eigenvalue weighted by molar-refractivity contribution is 5.79. The average Bonchev–Trinajstić information content (AvgIpc) is 2.84. The molecule has 1 aliphatic carbocycles. The summed E-state index contributed by atoms with van der Waals surface area (Å²) in [7, 11) is 0. The fraction of sp³-hybridized carbons (Fsp3) is 0.333. The van der Waals surface area contributed by atoms with Crippen molar-refractivity contribution in [1.29, 1.82) is 0 Å². The molecule has 0 aromatic heterocycles. The molecule has 0 saturated carbocycles. The fourth-order valence-corrected chi connectivity index (χ4v) is 3.62. The van der Waals surface area contributed by atoms with Crippen LogP contribution in [0, 0.1) is 0 Å². The maximum absolute atomic E-state index is 11.4. The van der Waals surface area contributed by atoms with E-state index in [1.165, 1.54) is 11.1 Å². The summed E-state index contributed by atoms with van der Waals surface area (Å²) < 4.78 is 0. The molecule has 0 radical (unpaired) electrons. The van der Waals surface area contributed by atoms with Gasteiger partial charge < -0.3 is 10.4 Å². The summed E-state index contributed by atoms with van der Waals surface area (Å²) in [5.74, 6) is 0. The van der Waals surface area contributed by atoms with E-state index in [9.17, 15) is 5.11 Å². The maximum Gasteiger partial charge on any atom is 0.116 e. The summed E-state index contributed by atoms with van der Waals surface area (Å²) in [5.41, 5.74) is 3.58. The van der Waals surface area contributed by atoms with Crippen molar-refractivity contribution in [3.05, 3.63) is 72.3 Å². The lowest BCUT2D eigenvalue weighted by Crippen LogP contribution is -2.28. The zero-order valence-electron chi connectivity index (χ0n) is 13.8. The number of hydrogen-bond acceptors (Lipinski definition) is 2. The van der Waals surface area contributed by atoms with E-state index < -0.39 is 5.60 Å². The van der Waals surface area contributed by atoms with Crippen LogP contribution in [0.3, 0.4) is 0 Å². The monoisotopic (exact) mass is 307 g/mol. The van der Waals surface area contributed by atoms with Crippen LogP contribution in [-0.4, -0.2) is 17.7 Å². The molecule has 0 aliphatic heterocycles. The Bertz CT molecular complexity index is 646. The Balaban J connectivity index is 1.79. The largest absolute Gasteiger partial charge is 0.380 e. The van der Waals surface area contributed by atoms with Crippen molar-refractivity contribution in [3.63, 3.8) is 0 Å². The lowest BCUT2D eigenvalue weighted by molar-refractivity contribution is 0.0721. The summed E-state index contributed by atoms with van der Waals surface area (Å²) in [6.07, 6.45) is 4.65. The highest BCUT2D eigenvalue weighted by Crippen LogP contribution is 2.49. The third-order valence-corrected chi connectivity index (χ3v) is 4.82. The van der Waals surface area contributed by atoms with Crippen molar-refractivity contribution in [1.82, 2.24) is 5.32 Å². The van der Waals surface area contributed by atoms with E-state index in [4.69, 9.17) is 0 Å². The van der Waals surface area contributed by atoms with Gasteiger partial charge in [0.1, 0.15) is 5.60 Å². The van der Waals surface area contributed by atoms with Gasteiger partial charge in [0.2, 0.25) is 0 Å². The van der Waals surface area contributed by atoms with Gasteiger partial charge in [0.15, 0.2) is 0 Å². The van der Waals surface area contributed by atoms with Crippen molar-refractivity contribution >= 4 is 0 Å². The Hall–Kier alpha value is -1.90. The van der Waals surface area contributed by atoms with E-state index in [1.807, 2.05) is 30.3 Å². The van der Waals surface area contributed by atoms with Gasteiger partial charge in [0.05, 0.1) is 0 Å². The third kappa shape index (κ3) is 2.97. The summed E-state index contributed by atoms with van der Waals surface area (Å²) in [6, 6.07) is 16.9. The van der Waals surface area contributed by atoms with Crippen molar-refractivity contribution in [2.45, 2.75) is 37.8 Å². The molecule has 0 fully saturated rings. The normalized spacial score (nSPS) is 15.7. The molecule has 1 atom stereocenters. The highest BCUT2D eigenvalue weighted by Gasteiger charge is 2.40. The Morgan fingerprint density at radius 3 is 2.22 bits per heavy atom. The second kappa shape index (κ2) is 6.69. The number of hydrogen-bond donors (Lipinski definition) is 2. The molecule has 1 aliphatic rings. The predicted octanol–water partition coefficient (Wildman–Crippen LogP) is 4.24. The van der Waals surface area contributed by atoms with E-state index >= 15 is 0 Å². The molecule has 120 valence electrons. The quantitative estimate of drug-likeness (QED) is 0.750. The van der Waals surface area contributed by atoms with Gasteiger partial charge in [-0.1, -0.05) is 54.6 Å². The van der Waals surface area contributed by atoms with Crippen LogP contribution in [-0.2, 0) is 5.60 Å². The van der Waals surface area contributed by atoms with Crippen molar-refractivity contribution in [3.8, 4) is 11.1 Å². The van der Waals surface area contributed by atoms with Crippen molar-refractivity contribution in [2.24, 2.45) is 0 Å². The first-order valence-electron chi connectivity index (χ1n) is 8.43. The molecular weight excluding hydrogens is 282 g/mol. The van der Waals surface area contributed by atoms with Gasteiger partial charge in [0.25, 0.3) is 0 Å². The van der Waals surface area contributed by atoms with Crippen LogP contribution in [0.15, 0.2) is 61.2 Å². The topological polar surface area (TPSA) is 32.3 Å². The Kier molecular flexibility index (Phi) is 4.65. The third-order valence-electron chi connectivity index (χ3n) is 4.82. The second-order valence-electron chi connectivity index (χ2n) is 6.44. The van der Waals surface area contributed by atoms with Crippen LogP contribution in [0.2, 0.25) is 0 Å². The minimum absolute atomic E-state index is 0.434. The molecule has 0 saturated heterocycles. The van der Waals surface area contributed by atoms with Crippen LogP contribution in [0.4, 0.5) is 0 Å². The van der Waals surface area contributed by atoms with Gasteiger partial charge in [0, 0.05) is 12.6 Å². The number of benzene rings is 2. The molecule has 3 rings (SSSR count). The first-order valence-corrected chi connectivity index (χ1v) is 8.43. The number of aliphatic hydroxyl groups is 1. The van der Waals surface area contributed by atoms with E-state index in [0.29, 0.717) is 6.04 Å².